The molecule has 0 aromatic heterocycles. The van der Waals surface area contributed by atoms with E-state index in [0.29, 0.717) is 18.2 Å². The van der Waals surface area contributed by atoms with Crippen molar-refractivity contribution in [3.05, 3.63) is 35.4 Å². The summed E-state index contributed by atoms with van der Waals surface area (Å²) < 4.78 is 4.92. The smallest absolute Gasteiger partial charge is 0.338 e. The Labute approximate surface area is 108 Å². The minimum Gasteiger partial charge on any atom is -0.462 e. The van der Waals surface area contributed by atoms with Gasteiger partial charge in [-0.25, -0.2) is 4.79 Å². The van der Waals surface area contributed by atoms with Gasteiger partial charge < -0.3 is 10.1 Å². The Hall–Kier alpha value is -1.79. The molecule has 3 nitrogen and oxygen atoms in total. The van der Waals surface area contributed by atoms with Gasteiger partial charge in [0.15, 0.2) is 0 Å². The average Bonchev–Trinajstić information content (AvgIpc) is 2.90. The highest BCUT2D eigenvalue weighted by molar-refractivity contribution is 5.89. The van der Waals surface area contributed by atoms with Crippen molar-refractivity contribution in [2.45, 2.75) is 25.8 Å². The van der Waals surface area contributed by atoms with Crippen LogP contribution in [-0.2, 0) is 4.74 Å². The van der Waals surface area contributed by atoms with Crippen LogP contribution in [0.15, 0.2) is 24.3 Å². The number of carbonyl (C=O) groups is 1. The van der Waals surface area contributed by atoms with Crippen LogP contribution in [0.1, 0.15) is 35.7 Å². The zero-order valence-corrected chi connectivity index (χ0v) is 10.5. The van der Waals surface area contributed by atoms with Gasteiger partial charge in [-0.05, 0) is 50.6 Å². The third-order valence-corrected chi connectivity index (χ3v) is 2.85. The van der Waals surface area contributed by atoms with Gasteiger partial charge in [-0.2, -0.15) is 0 Å². The van der Waals surface area contributed by atoms with Gasteiger partial charge in [0.1, 0.15) is 0 Å². The van der Waals surface area contributed by atoms with Crippen molar-refractivity contribution >= 4 is 5.97 Å². The first-order valence-corrected chi connectivity index (χ1v) is 6.31. The Morgan fingerprint density at radius 2 is 2.22 bits per heavy atom. The van der Waals surface area contributed by atoms with E-state index in [1.54, 1.807) is 19.1 Å². The van der Waals surface area contributed by atoms with Crippen LogP contribution >= 0.6 is 0 Å². The number of hydrogen-bond acceptors (Lipinski definition) is 3. The molecule has 2 rings (SSSR count). The predicted molar refractivity (Wildman–Crippen MR) is 70.3 cm³/mol. The second-order valence-corrected chi connectivity index (χ2v) is 4.22. The van der Waals surface area contributed by atoms with E-state index in [0.717, 1.165) is 18.5 Å². The highest BCUT2D eigenvalue weighted by Crippen LogP contribution is 2.07. The minimum atomic E-state index is -0.283. The Bertz CT molecular complexity index is 462. The standard InChI is InChI=1S/C15H17NO2/c1-2-18-15(17)13-8-5-12(6-9-13)7-10-14-4-3-11-16-14/h5-6,8-9,14,16H,2-4,11H2,1H3/t14-/m0/s1. The lowest BCUT2D eigenvalue weighted by atomic mass is 10.1. The first kappa shape index (κ1) is 12.7. The molecule has 1 aliphatic rings. The van der Waals surface area contributed by atoms with Crippen molar-refractivity contribution < 1.29 is 9.53 Å². The van der Waals surface area contributed by atoms with Crippen molar-refractivity contribution in [1.82, 2.24) is 5.32 Å². The van der Waals surface area contributed by atoms with Crippen molar-refractivity contribution in [2.24, 2.45) is 0 Å². The van der Waals surface area contributed by atoms with Crippen molar-refractivity contribution in [3.63, 3.8) is 0 Å². The Morgan fingerprint density at radius 1 is 1.44 bits per heavy atom. The molecule has 3 heteroatoms. The summed E-state index contributed by atoms with van der Waals surface area (Å²) in [6, 6.07) is 7.53. The van der Waals surface area contributed by atoms with E-state index in [1.807, 2.05) is 12.1 Å². The summed E-state index contributed by atoms with van der Waals surface area (Å²) in [6.45, 7) is 3.25. The number of benzene rings is 1. The number of ether oxygens (including phenoxy) is 1. The van der Waals surface area contributed by atoms with Crippen molar-refractivity contribution in [1.29, 1.82) is 0 Å². The van der Waals surface area contributed by atoms with Crippen LogP contribution in [0.2, 0.25) is 0 Å². The van der Waals surface area contributed by atoms with E-state index in [1.165, 1.54) is 6.42 Å². The summed E-state index contributed by atoms with van der Waals surface area (Å²) >= 11 is 0. The maximum absolute atomic E-state index is 11.5. The first-order valence-electron chi connectivity index (χ1n) is 6.31. The van der Waals surface area contributed by atoms with E-state index < -0.39 is 0 Å². The molecular formula is C15H17NO2. The monoisotopic (exact) mass is 243 g/mol. The molecule has 0 spiro atoms. The van der Waals surface area contributed by atoms with Crippen molar-refractivity contribution in [3.8, 4) is 11.8 Å². The molecule has 1 fully saturated rings. The van der Waals surface area contributed by atoms with Gasteiger partial charge in [0.25, 0.3) is 0 Å². The summed E-state index contributed by atoms with van der Waals surface area (Å²) in [5.41, 5.74) is 1.50. The fourth-order valence-corrected chi connectivity index (χ4v) is 1.88. The first-order chi connectivity index (χ1) is 8.79. The topological polar surface area (TPSA) is 38.3 Å². The molecule has 1 aliphatic heterocycles. The highest BCUT2D eigenvalue weighted by Gasteiger charge is 2.10. The maximum Gasteiger partial charge on any atom is 0.338 e. The van der Waals surface area contributed by atoms with Gasteiger partial charge in [-0.15, -0.1) is 0 Å². The highest BCUT2D eigenvalue weighted by atomic mass is 16.5. The molecule has 18 heavy (non-hydrogen) atoms. The summed E-state index contributed by atoms with van der Waals surface area (Å²) in [6.07, 6.45) is 2.31. The number of rotatable bonds is 2. The Morgan fingerprint density at radius 3 is 2.83 bits per heavy atom. The zero-order valence-electron chi connectivity index (χ0n) is 10.5. The van der Waals surface area contributed by atoms with Gasteiger partial charge in [0, 0.05) is 5.56 Å². The van der Waals surface area contributed by atoms with Gasteiger partial charge >= 0.3 is 5.97 Å². The maximum atomic E-state index is 11.5. The van der Waals surface area contributed by atoms with Crippen LogP contribution in [0.5, 0.6) is 0 Å². The lowest BCUT2D eigenvalue weighted by Crippen LogP contribution is -2.18. The Kier molecular flexibility index (Phi) is 4.38. The third kappa shape index (κ3) is 3.35. The van der Waals surface area contributed by atoms with E-state index in [9.17, 15) is 4.79 Å². The third-order valence-electron chi connectivity index (χ3n) is 2.85. The molecule has 1 heterocycles. The molecule has 1 aromatic rings. The normalized spacial score (nSPS) is 17.9. The van der Waals surface area contributed by atoms with Crippen LogP contribution in [-0.4, -0.2) is 25.2 Å². The second-order valence-electron chi connectivity index (χ2n) is 4.22. The van der Waals surface area contributed by atoms with Crippen LogP contribution in [0.25, 0.3) is 0 Å². The molecule has 1 atom stereocenters. The molecule has 94 valence electrons. The molecule has 1 saturated heterocycles. The van der Waals surface area contributed by atoms with Gasteiger partial charge in [0.2, 0.25) is 0 Å². The lowest BCUT2D eigenvalue weighted by molar-refractivity contribution is 0.0526. The summed E-state index contributed by atoms with van der Waals surface area (Å²) in [4.78, 5) is 11.5. The van der Waals surface area contributed by atoms with Gasteiger partial charge in [-0.3, -0.25) is 0 Å². The summed E-state index contributed by atoms with van der Waals surface area (Å²) in [5, 5.41) is 3.33. The van der Waals surface area contributed by atoms with Crippen LogP contribution in [0.4, 0.5) is 0 Å². The molecule has 0 aliphatic carbocycles. The zero-order chi connectivity index (χ0) is 12.8. The van der Waals surface area contributed by atoms with Crippen LogP contribution in [0.3, 0.4) is 0 Å². The summed E-state index contributed by atoms with van der Waals surface area (Å²) in [5.74, 6) is 6.03. The minimum absolute atomic E-state index is 0.283. The van der Waals surface area contributed by atoms with Crippen LogP contribution < -0.4 is 5.32 Å². The molecule has 1 aromatic carbocycles. The number of nitrogens with one attached hydrogen (secondary N) is 1. The van der Waals surface area contributed by atoms with E-state index in [-0.39, 0.29) is 5.97 Å². The average molecular weight is 243 g/mol. The fourth-order valence-electron chi connectivity index (χ4n) is 1.88. The molecule has 0 radical (unpaired) electrons. The number of hydrogen-bond donors (Lipinski definition) is 1. The van der Waals surface area contributed by atoms with Gasteiger partial charge in [-0.1, -0.05) is 11.8 Å². The van der Waals surface area contributed by atoms with E-state index in [4.69, 9.17) is 4.74 Å². The van der Waals surface area contributed by atoms with Crippen LogP contribution in [0, 0.1) is 11.8 Å². The molecule has 1 N–H and O–H groups in total. The predicted octanol–water partition coefficient (Wildman–Crippen LogP) is 1.97. The number of carbonyl (C=O) groups excluding carboxylic acids is 1. The number of esters is 1. The summed E-state index contributed by atoms with van der Waals surface area (Å²) in [7, 11) is 0. The molecular weight excluding hydrogens is 226 g/mol. The van der Waals surface area contributed by atoms with Gasteiger partial charge in [0.05, 0.1) is 18.2 Å². The molecule has 0 bridgehead atoms. The molecule has 0 unspecified atom stereocenters. The van der Waals surface area contributed by atoms with E-state index >= 15 is 0 Å². The molecule has 0 amide bonds. The SMILES string of the molecule is CCOC(=O)c1ccc(C#C[C@@H]2CCCN2)cc1. The van der Waals surface area contributed by atoms with E-state index in [2.05, 4.69) is 17.2 Å². The quantitative estimate of drug-likeness (QED) is 0.637. The Balaban J connectivity index is 2.00. The van der Waals surface area contributed by atoms with Crippen molar-refractivity contribution in [2.75, 3.05) is 13.2 Å². The second kappa shape index (κ2) is 6.23. The lowest BCUT2D eigenvalue weighted by Gasteiger charge is -2.01. The fraction of sp³-hybridized carbons (Fsp3) is 0.400. The molecule has 0 saturated carbocycles. The largest absolute Gasteiger partial charge is 0.462 e.